The van der Waals surface area contributed by atoms with E-state index in [4.69, 9.17) is 0 Å². The minimum Gasteiger partial charge on any atom is -0.350 e. The van der Waals surface area contributed by atoms with Gasteiger partial charge in [0.15, 0.2) is 0 Å². The highest BCUT2D eigenvalue weighted by molar-refractivity contribution is 5.92. The Kier molecular flexibility index (Phi) is 6.37. The number of imidazole rings is 1. The maximum atomic E-state index is 13.2. The van der Waals surface area contributed by atoms with Gasteiger partial charge in [-0.2, -0.15) is 26.3 Å². The summed E-state index contributed by atoms with van der Waals surface area (Å²) in [6.45, 7) is 0.466. The number of nitrogens with one attached hydrogen (secondary N) is 1. The Labute approximate surface area is 190 Å². The summed E-state index contributed by atoms with van der Waals surface area (Å²) in [5.41, 5.74) is -1.74. The molecule has 1 N–H and O–H groups in total. The van der Waals surface area contributed by atoms with Crippen LogP contribution in [-0.2, 0) is 31.7 Å². The minimum atomic E-state index is -4.90. The van der Waals surface area contributed by atoms with Crippen molar-refractivity contribution in [3.05, 3.63) is 82.7 Å². The van der Waals surface area contributed by atoms with Gasteiger partial charge in [0, 0.05) is 49.9 Å². The molecule has 0 saturated carbocycles. The number of nitrogens with zero attached hydrogens (tertiary/aromatic N) is 3. The Morgan fingerprint density at radius 3 is 2.38 bits per heavy atom. The number of carbonyl (C=O) groups excluding carboxylic acids is 1. The van der Waals surface area contributed by atoms with Crippen LogP contribution in [0.2, 0.25) is 0 Å². The van der Waals surface area contributed by atoms with Crippen molar-refractivity contribution in [2.24, 2.45) is 0 Å². The van der Waals surface area contributed by atoms with Gasteiger partial charge in [0.05, 0.1) is 11.1 Å². The average Bonchev–Trinajstić information content (AvgIpc) is 3.22. The van der Waals surface area contributed by atoms with Crippen molar-refractivity contribution in [2.75, 3.05) is 6.54 Å². The number of alkyl halides is 6. The van der Waals surface area contributed by atoms with Gasteiger partial charge in [-0.3, -0.25) is 9.78 Å². The standard InChI is InChI=1S/C23H20F6N4O/c24-22(25,26)16-9-15(10-17(11-16)23(27,28)29)14-4-5-20-32-19(13-33(20)12-14)21(34)31-8-6-18-3-1-2-7-30-18/h1-3,7,9-11,13-14H,4-6,8,12H2,(H,31,34)/t14-/m1/s1. The fraction of sp³-hybridized carbons (Fsp3) is 0.348. The summed E-state index contributed by atoms with van der Waals surface area (Å²) in [7, 11) is 0. The lowest BCUT2D eigenvalue weighted by Gasteiger charge is -2.25. The Morgan fingerprint density at radius 2 is 1.76 bits per heavy atom. The van der Waals surface area contributed by atoms with E-state index in [2.05, 4.69) is 15.3 Å². The topological polar surface area (TPSA) is 59.8 Å². The number of amides is 1. The van der Waals surface area contributed by atoms with Crippen LogP contribution in [0.4, 0.5) is 26.3 Å². The van der Waals surface area contributed by atoms with Gasteiger partial charge >= 0.3 is 12.4 Å². The summed E-state index contributed by atoms with van der Waals surface area (Å²) >= 11 is 0. The molecule has 2 aromatic heterocycles. The number of halogens is 6. The largest absolute Gasteiger partial charge is 0.416 e. The first kappa shape index (κ1) is 23.8. The van der Waals surface area contributed by atoms with E-state index in [1.807, 2.05) is 12.1 Å². The number of pyridine rings is 1. The first-order chi connectivity index (χ1) is 16.0. The second-order valence-corrected chi connectivity index (χ2v) is 8.10. The molecule has 11 heteroatoms. The third-order valence-electron chi connectivity index (χ3n) is 5.70. The highest BCUT2D eigenvalue weighted by Gasteiger charge is 2.38. The molecule has 34 heavy (non-hydrogen) atoms. The molecule has 0 aliphatic carbocycles. The second kappa shape index (κ2) is 9.11. The predicted molar refractivity (Wildman–Crippen MR) is 110 cm³/mol. The van der Waals surface area contributed by atoms with Crippen LogP contribution in [0.3, 0.4) is 0 Å². The Hall–Kier alpha value is -3.37. The molecular formula is C23H20F6N4O. The molecule has 1 aliphatic heterocycles. The molecular weight excluding hydrogens is 462 g/mol. The molecule has 0 bridgehead atoms. The van der Waals surface area contributed by atoms with Crippen molar-refractivity contribution in [1.29, 1.82) is 0 Å². The lowest BCUT2D eigenvalue weighted by atomic mass is 9.89. The molecule has 3 aromatic rings. The van der Waals surface area contributed by atoms with Crippen LogP contribution < -0.4 is 5.32 Å². The van der Waals surface area contributed by atoms with E-state index in [0.29, 0.717) is 31.6 Å². The minimum absolute atomic E-state index is 0.0390. The zero-order valence-electron chi connectivity index (χ0n) is 17.7. The maximum absolute atomic E-state index is 13.2. The van der Waals surface area contributed by atoms with Gasteiger partial charge in [-0.15, -0.1) is 0 Å². The number of aryl methyl sites for hydroxylation is 1. The van der Waals surface area contributed by atoms with E-state index in [1.165, 1.54) is 6.20 Å². The van der Waals surface area contributed by atoms with Gasteiger partial charge in [0.25, 0.3) is 5.91 Å². The van der Waals surface area contributed by atoms with E-state index in [-0.39, 0.29) is 23.9 Å². The van der Waals surface area contributed by atoms with Crippen molar-refractivity contribution in [2.45, 2.75) is 44.1 Å². The van der Waals surface area contributed by atoms with Gasteiger partial charge in [0.2, 0.25) is 0 Å². The van der Waals surface area contributed by atoms with E-state index in [9.17, 15) is 31.1 Å². The fourth-order valence-corrected chi connectivity index (χ4v) is 3.98. The van der Waals surface area contributed by atoms with Crippen LogP contribution in [0, 0.1) is 0 Å². The summed E-state index contributed by atoms with van der Waals surface area (Å²) in [5.74, 6) is -0.424. The van der Waals surface area contributed by atoms with E-state index < -0.39 is 35.3 Å². The first-order valence-corrected chi connectivity index (χ1v) is 10.5. The molecule has 0 unspecified atom stereocenters. The molecule has 0 saturated heterocycles. The number of aromatic nitrogens is 3. The number of benzene rings is 1. The zero-order valence-corrected chi connectivity index (χ0v) is 17.7. The van der Waals surface area contributed by atoms with Crippen LogP contribution in [0.15, 0.2) is 48.8 Å². The van der Waals surface area contributed by atoms with E-state index >= 15 is 0 Å². The molecule has 3 heterocycles. The van der Waals surface area contributed by atoms with Crippen LogP contribution >= 0.6 is 0 Å². The summed E-state index contributed by atoms with van der Waals surface area (Å²) in [4.78, 5) is 20.9. The summed E-state index contributed by atoms with van der Waals surface area (Å²) in [6, 6.07) is 7.13. The van der Waals surface area contributed by atoms with Crippen molar-refractivity contribution in [3.8, 4) is 0 Å². The molecule has 1 aliphatic rings. The molecule has 0 fully saturated rings. The van der Waals surface area contributed by atoms with Gasteiger partial charge in [-0.25, -0.2) is 4.98 Å². The van der Waals surface area contributed by atoms with E-state index in [0.717, 1.165) is 17.8 Å². The normalized spacial score (nSPS) is 16.2. The highest BCUT2D eigenvalue weighted by Crippen LogP contribution is 2.39. The maximum Gasteiger partial charge on any atom is 0.416 e. The number of hydrogen-bond donors (Lipinski definition) is 1. The molecule has 1 atom stereocenters. The molecule has 1 amide bonds. The number of carbonyl (C=O) groups is 1. The van der Waals surface area contributed by atoms with Crippen molar-refractivity contribution >= 4 is 5.91 Å². The monoisotopic (exact) mass is 482 g/mol. The summed E-state index contributed by atoms with van der Waals surface area (Å²) in [5, 5.41) is 2.74. The Morgan fingerprint density at radius 1 is 1.06 bits per heavy atom. The highest BCUT2D eigenvalue weighted by atomic mass is 19.4. The van der Waals surface area contributed by atoms with Crippen LogP contribution in [0.1, 0.15) is 51.0 Å². The molecule has 1 aromatic carbocycles. The second-order valence-electron chi connectivity index (χ2n) is 8.10. The first-order valence-electron chi connectivity index (χ1n) is 10.5. The van der Waals surface area contributed by atoms with E-state index in [1.54, 1.807) is 16.8 Å². The van der Waals surface area contributed by atoms with Gasteiger partial charge in [-0.1, -0.05) is 6.07 Å². The third-order valence-corrected chi connectivity index (χ3v) is 5.70. The molecule has 4 rings (SSSR count). The molecule has 0 spiro atoms. The average molecular weight is 482 g/mol. The van der Waals surface area contributed by atoms with Crippen LogP contribution in [0.25, 0.3) is 0 Å². The third kappa shape index (κ3) is 5.40. The van der Waals surface area contributed by atoms with Gasteiger partial charge in [0.1, 0.15) is 11.5 Å². The molecule has 180 valence electrons. The molecule has 0 radical (unpaired) electrons. The lowest BCUT2D eigenvalue weighted by Crippen LogP contribution is -2.26. The lowest BCUT2D eigenvalue weighted by molar-refractivity contribution is -0.143. The predicted octanol–water partition coefficient (Wildman–Crippen LogP) is 5.02. The Balaban J connectivity index is 1.48. The van der Waals surface area contributed by atoms with Crippen molar-refractivity contribution in [1.82, 2.24) is 19.9 Å². The number of fused-ring (bicyclic) bond motifs is 1. The van der Waals surface area contributed by atoms with Crippen molar-refractivity contribution < 1.29 is 31.1 Å². The van der Waals surface area contributed by atoms with Crippen molar-refractivity contribution in [3.63, 3.8) is 0 Å². The summed E-state index contributed by atoms with van der Waals surface area (Å²) < 4.78 is 80.9. The summed E-state index contributed by atoms with van der Waals surface area (Å²) in [6.07, 6.45) is -5.50. The van der Waals surface area contributed by atoms with Crippen LogP contribution in [0.5, 0.6) is 0 Å². The van der Waals surface area contributed by atoms with Gasteiger partial charge < -0.3 is 9.88 Å². The quantitative estimate of drug-likeness (QED) is 0.520. The van der Waals surface area contributed by atoms with Crippen LogP contribution in [-0.4, -0.2) is 27.0 Å². The van der Waals surface area contributed by atoms with Gasteiger partial charge in [-0.05, 0) is 42.3 Å². The smallest absolute Gasteiger partial charge is 0.350 e. The SMILES string of the molecule is O=C(NCCc1ccccn1)c1cn2c(n1)CC[C@@H](c1cc(C(F)(F)F)cc(C(F)(F)F)c1)C2. The number of rotatable bonds is 5. The number of hydrogen-bond acceptors (Lipinski definition) is 3. The zero-order chi connectivity index (χ0) is 24.5. The fourth-order valence-electron chi connectivity index (χ4n) is 3.98. The molecule has 5 nitrogen and oxygen atoms in total. The Bertz CT molecular complexity index is 1140.